The molecule has 2 aromatic rings. The number of nitrogens with zero attached hydrogens (tertiary/aromatic N) is 3. The second kappa shape index (κ2) is 6.99. The number of aromatic nitrogens is 2. The van der Waals surface area contributed by atoms with Gasteiger partial charge in [-0.15, -0.1) is 0 Å². The maximum absolute atomic E-state index is 13.0. The molecule has 1 aromatic carbocycles. The molecule has 0 atom stereocenters. The van der Waals surface area contributed by atoms with E-state index in [-0.39, 0.29) is 48.0 Å². The van der Waals surface area contributed by atoms with Gasteiger partial charge in [0.15, 0.2) is 9.84 Å². The summed E-state index contributed by atoms with van der Waals surface area (Å²) in [6.07, 6.45) is 0.578. The Bertz CT molecular complexity index is 978. The van der Waals surface area contributed by atoms with E-state index in [1.807, 2.05) is 0 Å². The van der Waals surface area contributed by atoms with Crippen molar-refractivity contribution < 1.29 is 17.6 Å². The molecule has 1 aliphatic rings. The van der Waals surface area contributed by atoms with Crippen LogP contribution in [0.25, 0.3) is 0 Å². The normalized spacial score (nSPS) is 15.8. The van der Waals surface area contributed by atoms with Gasteiger partial charge < -0.3 is 4.90 Å². The lowest BCUT2D eigenvalue weighted by molar-refractivity contribution is 0.0717. The Balaban J connectivity index is 1.70. The Hall–Kier alpha value is -2.55. The van der Waals surface area contributed by atoms with Crippen molar-refractivity contribution in [1.82, 2.24) is 14.7 Å². The van der Waals surface area contributed by atoms with Crippen LogP contribution in [-0.2, 0) is 16.9 Å². The lowest BCUT2D eigenvalue weighted by Gasteiger charge is -2.31. The van der Waals surface area contributed by atoms with E-state index in [2.05, 4.69) is 5.10 Å². The van der Waals surface area contributed by atoms with Gasteiger partial charge in [0.1, 0.15) is 11.5 Å². The molecule has 0 aliphatic carbocycles. The highest BCUT2D eigenvalue weighted by atomic mass is 32.2. The molecule has 0 N–H and O–H groups in total. The molecule has 26 heavy (non-hydrogen) atoms. The molecule has 1 amide bonds. The van der Waals surface area contributed by atoms with E-state index in [0.29, 0.717) is 0 Å². The Morgan fingerprint density at radius 2 is 1.73 bits per heavy atom. The number of aryl methyl sites for hydroxylation is 1. The van der Waals surface area contributed by atoms with E-state index >= 15 is 0 Å². The van der Waals surface area contributed by atoms with Gasteiger partial charge in [0.25, 0.3) is 11.5 Å². The summed E-state index contributed by atoms with van der Waals surface area (Å²) < 4.78 is 39.4. The van der Waals surface area contributed by atoms with Crippen molar-refractivity contribution in [2.24, 2.45) is 7.05 Å². The van der Waals surface area contributed by atoms with Gasteiger partial charge in [-0.2, -0.15) is 5.10 Å². The van der Waals surface area contributed by atoms with E-state index in [1.165, 1.54) is 36.2 Å². The molecule has 1 saturated heterocycles. The zero-order valence-electron chi connectivity index (χ0n) is 14.1. The first-order valence-corrected chi connectivity index (χ1v) is 9.67. The second-order valence-corrected chi connectivity index (χ2v) is 8.40. The molecule has 3 rings (SSSR count). The predicted octanol–water partition coefficient (Wildman–Crippen LogP) is 0.998. The average Bonchev–Trinajstić information content (AvgIpc) is 2.64. The Labute approximate surface area is 150 Å². The summed E-state index contributed by atoms with van der Waals surface area (Å²) in [5.41, 5.74) is -0.169. The number of rotatable bonds is 3. The maximum Gasteiger partial charge on any atom is 0.274 e. The minimum Gasteiger partial charge on any atom is -0.337 e. The molecule has 0 radical (unpaired) electrons. The van der Waals surface area contributed by atoms with E-state index in [9.17, 15) is 22.4 Å². The first-order valence-electron chi connectivity index (χ1n) is 8.12. The third kappa shape index (κ3) is 3.52. The Morgan fingerprint density at radius 1 is 1.12 bits per heavy atom. The van der Waals surface area contributed by atoms with Gasteiger partial charge >= 0.3 is 0 Å². The van der Waals surface area contributed by atoms with Crippen LogP contribution in [0.5, 0.6) is 0 Å². The monoisotopic (exact) mass is 379 g/mol. The van der Waals surface area contributed by atoms with Crippen molar-refractivity contribution in [3.05, 3.63) is 58.3 Å². The number of carbonyl (C=O) groups is 1. The van der Waals surface area contributed by atoms with Crippen LogP contribution in [0, 0.1) is 5.82 Å². The van der Waals surface area contributed by atoms with Crippen LogP contribution in [0.1, 0.15) is 23.3 Å². The number of piperidine rings is 1. The minimum atomic E-state index is -3.57. The molecule has 0 saturated carbocycles. The Kier molecular flexibility index (Phi) is 4.90. The predicted molar refractivity (Wildman–Crippen MR) is 92.0 cm³/mol. The van der Waals surface area contributed by atoms with Gasteiger partial charge in [-0.25, -0.2) is 17.5 Å². The van der Waals surface area contributed by atoms with Gasteiger partial charge in [0.2, 0.25) is 0 Å². The maximum atomic E-state index is 13.0. The molecular weight excluding hydrogens is 361 g/mol. The van der Waals surface area contributed by atoms with Gasteiger partial charge in [0.05, 0.1) is 10.1 Å². The molecule has 0 unspecified atom stereocenters. The largest absolute Gasteiger partial charge is 0.337 e. The van der Waals surface area contributed by atoms with E-state index in [4.69, 9.17) is 0 Å². The van der Waals surface area contributed by atoms with Crippen molar-refractivity contribution in [3.8, 4) is 0 Å². The summed E-state index contributed by atoms with van der Waals surface area (Å²) >= 11 is 0. The van der Waals surface area contributed by atoms with Crippen molar-refractivity contribution in [3.63, 3.8) is 0 Å². The minimum absolute atomic E-state index is 0.0865. The fraction of sp³-hybridized carbons (Fsp3) is 0.353. The summed E-state index contributed by atoms with van der Waals surface area (Å²) in [5.74, 6) is -0.827. The molecule has 0 spiro atoms. The lowest BCUT2D eigenvalue weighted by Crippen LogP contribution is -2.43. The number of carbonyl (C=O) groups excluding carboxylic acids is 1. The van der Waals surface area contributed by atoms with Crippen LogP contribution < -0.4 is 5.56 Å². The van der Waals surface area contributed by atoms with Crippen molar-refractivity contribution in [2.45, 2.75) is 23.0 Å². The summed E-state index contributed by atoms with van der Waals surface area (Å²) in [7, 11) is -2.11. The summed E-state index contributed by atoms with van der Waals surface area (Å²) in [6.45, 7) is 0.545. The first-order chi connectivity index (χ1) is 12.3. The number of hydrogen-bond donors (Lipinski definition) is 0. The van der Waals surface area contributed by atoms with Crippen molar-refractivity contribution >= 4 is 15.7 Å². The zero-order chi connectivity index (χ0) is 18.9. The molecule has 1 aliphatic heterocycles. The van der Waals surface area contributed by atoms with Gasteiger partial charge in [-0.1, -0.05) is 0 Å². The lowest BCUT2D eigenvalue weighted by atomic mass is 10.1. The standard InChI is InChI=1S/C17H18FN3O4S/c1-20-16(22)7-6-15(19-20)17(23)21-10-8-14(9-11-21)26(24,25)13-4-2-12(18)3-5-13/h2-7,14H,8-11H2,1H3. The number of likely N-dealkylation sites (tertiary alicyclic amines) is 1. The van der Waals surface area contributed by atoms with Gasteiger partial charge in [-0.3, -0.25) is 9.59 Å². The van der Waals surface area contributed by atoms with Crippen molar-refractivity contribution in [2.75, 3.05) is 13.1 Å². The van der Waals surface area contributed by atoms with Gasteiger partial charge in [-0.05, 0) is 43.2 Å². The molecule has 138 valence electrons. The van der Waals surface area contributed by atoms with E-state index < -0.39 is 20.9 Å². The summed E-state index contributed by atoms with van der Waals surface area (Å²) in [5, 5.41) is 3.31. The van der Waals surface area contributed by atoms with Crippen LogP contribution >= 0.6 is 0 Å². The van der Waals surface area contributed by atoms with Crippen molar-refractivity contribution in [1.29, 1.82) is 0 Å². The molecule has 7 nitrogen and oxygen atoms in total. The summed E-state index contributed by atoms with van der Waals surface area (Å²) in [6, 6.07) is 7.40. The van der Waals surface area contributed by atoms with E-state index in [1.54, 1.807) is 0 Å². The number of amides is 1. The fourth-order valence-electron chi connectivity index (χ4n) is 2.96. The van der Waals surface area contributed by atoms with Crippen LogP contribution in [0.2, 0.25) is 0 Å². The molecule has 0 bridgehead atoms. The quantitative estimate of drug-likeness (QED) is 0.742. The van der Waals surface area contributed by atoms with E-state index in [0.717, 1.165) is 16.8 Å². The summed E-state index contributed by atoms with van der Waals surface area (Å²) in [4.78, 5) is 25.5. The molecular formula is C17H18FN3O4S. The Morgan fingerprint density at radius 3 is 2.31 bits per heavy atom. The second-order valence-electron chi connectivity index (χ2n) is 6.17. The van der Waals surface area contributed by atoms with Crippen LogP contribution in [0.4, 0.5) is 4.39 Å². The van der Waals surface area contributed by atoms with Crippen LogP contribution in [0.15, 0.2) is 46.1 Å². The highest BCUT2D eigenvalue weighted by molar-refractivity contribution is 7.92. The van der Waals surface area contributed by atoms with Crippen LogP contribution in [-0.4, -0.2) is 47.3 Å². The van der Waals surface area contributed by atoms with Crippen LogP contribution in [0.3, 0.4) is 0 Å². The number of benzene rings is 1. The highest BCUT2D eigenvalue weighted by Gasteiger charge is 2.33. The third-order valence-electron chi connectivity index (χ3n) is 4.49. The first kappa shape index (κ1) is 18.2. The average molecular weight is 379 g/mol. The fourth-order valence-corrected chi connectivity index (χ4v) is 4.70. The third-order valence-corrected chi connectivity index (χ3v) is 6.77. The molecule has 2 heterocycles. The SMILES string of the molecule is Cn1nc(C(=O)N2CCC(S(=O)(=O)c3ccc(F)cc3)CC2)ccc1=O. The topological polar surface area (TPSA) is 89.3 Å². The number of hydrogen-bond acceptors (Lipinski definition) is 5. The highest BCUT2D eigenvalue weighted by Crippen LogP contribution is 2.25. The number of sulfone groups is 1. The molecule has 9 heteroatoms. The molecule has 1 aromatic heterocycles. The number of halogens is 1. The zero-order valence-corrected chi connectivity index (χ0v) is 14.9. The molecule has 1 fully saturated rings. The van der Waals surface area contributed by atoms with Gasteiger partial charge in [0, 0.05) is 26.2 Å². The smallest absolute Gasteiger partial charge is 0.274 e.